The van der Waals surface area contributed by atoms with Gasteiger partial charge >= 0.3 is 0 Å². The second-order valence-corrected chi connectivity index (χ2v) is 8.04. The number of piperidine rings is 1. The van der Waals surface area contributed by atoms with Crippen molar-refractivity contribution < 1.29 is 9.59 Å². The van der Waals surface area contributed by atoms with Crippen molar-refractivity contribution in [3.8, 4) is 0 Å². The van der Waals surface area contributed by atoms with E-state index in [1.165, 1.54) is 5.56 Å². The Hall–Kier alpha value is -3.14. The summed E-state index contributed by atoms with van der Waals surface area (Å²) in [6.45, 7) is 5.34. The molecular formula is C26H28N2O2. The first-order chi connectivity index (χ1) is 14.6. The molecule has 1 N–H and O–H groups in total. The SMILES string of the molecule is CCc1ccc(C(=O)N2CCC(C(=O)Nc3ccccc3C)CC2)c2ccccc12. The quantitative estimate of drug-likeness (QED) is 0.654. The van der Waals surface area contributed by atoms with Crippen molar-refractivity contribution in [3.63, 3.8) is 0 Å². The largest absolute Gasteiger partial charge is 0.339 e. The fourth-order valence-electron chi connectivity index (χ4n) is 4.32. The molecule has 154 valence electrons. The third kappa shape index (κ3) is 3.95. The van der Waals surface area contributed by atoms with Crippen LogP contribution in [0.1, 0.15) is 41.3 Å². The number of carbonyl (C=O) groups is 2. The van der Waals surface area contributed by atoms with Crippen LogP contribution in [0.5, 0.6) is 0 Å². The Kier molecular flexibility index (Phi) is 5.84. The predicted molar refractivity (Wildman–Crippen MR) is 122 cm³/mol. The van der Waals surface area contributed by atoms with Gasteiger partial charge in [0, 0.05) is 30.3 Å². The van der Waals surface area contributed by atoms with Crippen LogP contribution in [-0.2, 0) is 11.2 Å². The molecule has 0 bridgehead atoms. The van der Waals surface area contributed by atoms with E-state index in [0.717, 1.165) is 34.0 Å². The molecule has 0 unspecified atom stereocenters. The second-order valence-electron chi connectivity index (χ2n) is 8.04. The summed E-state index contributed by atoms with van der Waals surface area (Å²) in [5.74, 6) is 0.0497. The summed E-state index contributed by atoms with van der Waals surface area (Å²) < 4.78 is 0. The summed E-state index contributed by atoms with van der Waals surface area (Å²) >= 11 is 0. The van der Waals surface area contributed by atoms with Gasteiger partial charge in [0.15, 0.2) is 0 Å². The topological polar surface area (TPSA) is 49.4 Å². The molecule has 1 aliphatic rings. The number of hydrogen-bond donors (Lipinski definition) is 1. The summed E-state index contributed by atoms with van der Waals surface area (Å²) in [7, 11) is 0. The molecule has 1 saturated heterocycles. The van der Waals surface area contributed by atoms with E-state index in [9.17, 15) is 9.59 Å². The van der Waals surface area contributed by atoms with Gasteiger partial charge in [-0.15, -0.1) is 0 Å². The van der Waals surface area contributed by atoms with Gasteiger partial charge in [-0.1, -0.05) is 55.5 Å². The Morgan fingerprint density at radius 1 is 0.933 bits per heavy atom. The van der Waals surface area contributed by atoms with E-state index < -0.39 is 0 Å². The highest BCUT2D eigenvalue weighted by molar-refractivity contribution is 6.08. The van der Waals surface area contributed by atoms with Gasteiger partial charge in [0.05, 0.1) is 0 Å². The second kappa shape index (κ2) is 8.70. The Labute approximate surface area is 177 Å². The molecule has 1 heterocycles. The minimum absolute atomic E-state index is 0.0501. The minimum atomic E-state index is -0.0622. The number of anilines is 1. The van der Waals surface area contributed by atoms with Gasteiger partial charge in [0.1, 0.15) is 0 Å². The predicted octanol–water partition coefficient (Wildman–Crippen LogP) is 5.20. The van der Waals surface area contributed by atoms with Crippen LogP contribution in [0.3, 0.4) is 0 Å². The van der Waals surface area contributed by atoms with Gasteiger partial charge in [-0.05, 0) is 60.2 Å². The number of nitrogens with one attached hydrogen (secondary N) is 1. The molecule has 0 radical (unpaired) electrons. The van der Waals surface area contributed by atoms with Crippen LogP contribution in [0, 0.1) is 12.8 Å². The lowest BCUT2D eigenvalue weighted by atomic mass is 9.93. The number of nitrogens with zero attached hydrogens (tertiary/aromatic N) is 1. The monoisotopic (exact) mass is 400 g/mol. The molecule has 0 aliphatic carbocycles. The van der Waals surface area contributed by atoms with Crippen LogP contribution in [0.15, 0.2) is 60.7 Å². The molecular weight excluding hydrogens is 372 g/mol. The molecule has 1 fully saturated rings. The molecule has 30 heavy (non-hydrogen) atoms. The number of likely N-dealkylation sites (tertiary alicyclic amines) is 1. The van der Waals surface area contributed by atoms with Gasteiger partial charge < -0.3 is 10.2 Å². The lowest BCUT2D eigenvalue weighted by Crippen LogP contribution is -2.41. The maximum Gasteiger partial charge on any atom is 0.254 e. The summed E-state index contributed by atoms with van der Waals surface area (Å²) in [4.78, 5) is 27.8. The van der Waals surface area contributed by atoms with Crippen molar-refractivity contribution in [2.24, 2.45) is 5.92 Å². The lowest BCUT2D eigenvalue weighted by molar-refractivity contribution is -0.121. The molecule has 0 atom stereocenters. The van der Waals surface area contributed by atoms with E-state index in [2.05, 4.69) is 24.4 Å². The van der Waals surface area contributed by atoms with E-state index in [-0.39, 0.29) is 17.7 Å². The first-order valence-electron chi connectivity index (χ1n) is 10.7. The van der Waals surface area contributed by atoms with Crippen molar-refractivity contribution in [2.75, 3.05) is 18.4 Å². The molecule has 0 saturated carbocycles. The van der Waals surface area contributed by atoms with Gasteiger partial charge in [-0.2, -0.15) is 0 Å². The molecule has 4 nitrogen and oxygen atoms in total. The Balaban J connectivity index is 1.44. The Morgan fingerprint density at radius 3 is 2.30 bits per heavy atom. The highest BCUT2D eigenvalue weighted by Gasteiger charge is 2.28. The standard InChI is InChI=1S/C26H28N2O2/c1-3-19-12-13-23(22-10-6-5-9-21(19)22)26(30)28-16-14-20(15-17-28)25(29)27-24-11-7-4-8-18(24)2/h4-13,20H,3,14-17H2,1-2H3,(H,27,29). The lowest BCUT2D eigenvalue weighted by Gasteiger charge is -2.32. The molecule has 4 heteroatoms. The van der Waals surface area contributed by atoms with Crippen LogP contribution in [0.25, 0.3) is 10.8 Å². The molecule has 1 aliphatic heterocycles. The highest BCUT2D eigenvalue weighted by atomic mass is 16.2. The van der Waals surface area contributed by atoms with Gasteiger partial charge in [-0.25, -0.2) is 0 Å². The number of aryl methyl sites for hydroxylation is 2. The van der Waals surface area contributed by atoms with Crippen LogP contribution >= 0.6 is 0 Å². The number of hydrogen-bond acceptors (Lipinski definition) is 2. The Morgan fingerprint density at radius 2 is 1.60 bits per heavy atom. The van der Waals surface area contributed by atoms with E-state index in [1.54, 1.807) is 0 Å². The van der Waals surface area contributed by atoms with Gasteiger partial charge in [0.2, 0.25) is 5.91 Å². The van der Waals surface area contributed by atoms with Gasteiger partial charge in [-0.3, -0.25) is 9.59 Å². The molecule has 0 aromatic heterocycles. The summed E-state index contributed by atoms with van der Waals surface area (Å²) in [6.07, 6.45) is 2.32. The van der Waals surface area contributed by atoms with Crippen LogP contribution in [0.4, 0.5) is 5.69 Å². The maximum atomic E-state index is 13.3. The molecule has 3 aromatic carbocycles. The van der Waals surface area contributed by atoms with E-state index in [1.807, 2.05) is 60.4 Å². The van der Waals surface area contributed by atoms with Crippen molar-refractivity contribution in [3.05, 3.63) is 77.4 Å². The van der Waals surface area contributed by atoms with Crippen LogP contribution in [-0.4, -0.2) is 29.8 Å². The third-order valence-electron chi connectivity index (χ3n) is 6.18. The van der Waals surface area contributed by atoms with Crippen LogP contribution in [0.2, 0.25) is 0 Å². The number of benzene rings is 3. The maximum absolute atomic E-state index is 13.3. The zero-order valence-electron chi connectivity index (χ0n) is 17.7. The minimum Gasteiger partial charge on any atom is -0.339 e. The number of rotatable bonds is 4. The summed E-state index contributed by atoms with van der Waals surface area (Å²) in [5.41, 5.74) is 3.93. The zero-order valence-corrected chi connectivity index (χ0v) is 17.7. The van der Waals surface area contributed by atoms with Crippen molar-refractivity contribution in [1.29, 1.82) is 0 Å². The normalized spacial score (nSPS) is 14.7. The highest BCUT2D eigenvalue weighted by Crippen LogP contribution is 2.27. The summed E-state index contributed by atoms with van der Waals surface area (Å²) in [6, 6.07) is 20.0. The number of carbonyl (C=O) groups excluding carboxylic acids is 2. The van der Waals surface area contributed by atoms with Crippen LogP contribution < -0.4 is 5.32 Å². The molecule has 0 spiro atoms. The van der Waals surface area contributed by atoms with E-state index in [4.69, 9.17) is 0 Å². The first kappa shape index (κ1) is 20.1. The fraction of sp³-hybridized carbons (Fsp3) is 0.308. The third-order valence-corrected chi connectivity index (χ3v) is 6.18. The van der Waals surface area contributed by atoms with Gasteiger partial charge in [0.25, 0.3) is 5.91 Å². The smallest absolute Gasteiger partial charge is 0.254 e. The number of amides is 2. The van der Waals surface area contributed by atoms with Crippen molar-refractivity contribution in [2.45, 2.75) is 33.1 Å². The Bertz CT molecular complexity index is 1080. The van der Waals surface area contributed by atoms with Crippen molar-refractivity contribution in [1.82, 2.24) is 4.90 Å². The van der Waals surface area contributed by atoms with E-state index >= 15 is 0 Å². The van der Waals surface area contributed by atoms with Crippen molar-refractivity contribution >= 4 is 28.3 Å². The average Bonchev–Trinajstić information content (AvgIpc) is 2.79. The first-order valence-corrected chi connectivity index (χ1v) is 10.7. The molecule has 2 amide bonds. The molecule has 3 aromatic rings. The fourth-order valence-corrected chi connectivity index (χ4v) is 4.32. The number of para-hydroxylation sites is 1. The number of fused-ring (bicyclic) bond motifs is 1. The summed E-state index contributed by atoms with van der Waals surface area (Å²) in [5, 5.41) is 5.22. The van der Waals surface area contributed by atoms with E-state index in [0.29, 0.717) is 25.9 Å². The molecule has 4 rings (SSSR count). The average molecular weight is 401 g/mol. The zero-order chi connectivity index (χ0) is 21.1.